The van der Waals surface area contributed by atoms with Gasteiger partial charge in [-0.05, 0) is 51.8 Å². The van der Waals surface area contributed by atoms with Gasteiger partial charge in [0.05, 0.1) is 13.2 Å². The van der Waals surface area contributed by atoms with E-state index in [1.165, 1.54) is 0 Å². The first kappa shape index (κ1) is 21.5. The predicted octanol–water partition coefficient (Wildman–Crippen LogP) is 4.43. The molecule has 0 aliphatic heterocycles. The minimum Gasteiger partial charge on any atom is -0.490 e. The molecule has 0 atom stereocenters. The van der Waals surface area contributed by atoms with Crippen molar-refractivity contribution in [3.63, 3.8) is 0 Å². The van der Waals surface area contributed by atoms with Gasteiger partial charge < -0.3 is 18.8 Å². The molecule has 28 heavy (non-hydrogen) atoms. The van der Waals surface area contributed by atoms with Gasteiger partial charge in [-0.3, -0.25) is 9.59 Å². The van der Waals surface area contributed by atoms with Crippen molar-refractivity contribution in [1.29, 1.82) is 0 Å². The summed E-state index contributed by atoms with van der Waals surface area (Å²) in [5.74, 6) is 1.01. The zero-order valence-corrected chi connectivity index (χ0v) is 17.1. The maximum Gasteiger partial charge on any atom is 0.305 e. The van der Waals surface area contributed by atoms with E-state index >= 15 is 0 Å². The number of benzene rings is 1. The number of carbonyl (C=O) groups is 2. The molecule has 2 rings (SSSR count). The fraction of sp³-hybridized carbons (Fsp3) is 0.455. The van der Waals surface area contributed by atoms with Gasteiger partial charge >= 0.3 is 5.97 Å². The average molecular weight is 387 g/mol. The van der Waals surface area contributed by atoms with Crippen molar-refractivity contribution in [3.05, 3.63) is 36.1 Å². The van der Waals surface area contributed by atoms with Crippen molar-refractivity contribution < 1.29 is 23.5 Å². The van der Waals surface area contributed by atoms with Crippen molar-refractivity contribution in [2.45, 2.75) is 40.5 Å². The van der Waals surface area contributed by atoms with Gasteiger partial charge in [-0.15, -0.1) is 0 Å². The van der Waals surface area contributed by atoms with Crippen molar-refractivity contribution in [2.24, 2.45) is 0 Å². The molecule has 2 aromatic rings. The molecule has 0 bridgehead atoms. The standard InChI is InChI=1S/C22H29NO5/c1-5-23(6-2)20(24)14-16(4)19-15-17-10-8-11-18(22(17)28-19)27-13-9-12-21(25)26-7-3/h8,10-11,14-15H,5-7,9,12-13H2,1-4H3/b16-14+. The number of hydrogen-bond acceptors (Lipinski definition) is 5. The third-order valence-electron chi connectivity index (χ3n) is 4.40. The Labute approximate surface area is 166 Å². The predicted molar refractivity (Wildman–Crippen MR) is 109 cm³/mol. The highest BCUT2D eigenvalue weighted by molar-refractivity contribution is 5.95. The van der Waals surface area contributed by atoms with Crippen LogP contribution in [0.25, 0.3) is 16.5 Å². The number of carbonyl (C=O) groups excluding carboxylic acids is 2. The van der Waals surface area contributed by atoms with Crippen LogP contribution in [0.3, 0.4) is 0 Å². The third kappa shape index (κ3) is 5.62. The SMILES string of the molecule is CCOC(=O)CCCOc1cccc2cc(/C(C)=C/C(=O)N(CC)CC)oc12. The van der Waals surface area contributed by atoms with E-state index in [1.807, 2.05) is 45.0 Å². The Morgan fingerprint density at radius 3 is 2.61 bits per heavy atom. The van der Waals surface area contributed by atoms with Crippen molar-refractivity contribution in [3.8, 4) is 5.75 Å². The summed E-state index contributed by atoms with van der Waals surface area (Å²) in [6.07, 6.45) is 2.49. The van der Waals surface area contributed by atoms with E-state index < -0.39 is 0 Å². The molecular formula is C22H29NO5. The number of esters is 1. The van der Waals surface area contributed by atoms with Crippen LogP contribution < -0.4 is 4.74 Å². The fourth-order valence-corrected chi connectivity index (χ4v) is 2.86. The first-order chi connectivity index (χ1) is 13.5. The van der Waals surface area contributed by atoms with Gasteiger partial charge in [0.25, 0.3) is 0 Å². The van der Waals surface area contributed by atoms with Crippen LogP contribution in [0, 0.1) is 0 Å². The third-order valence-corrected chi connectivity index (χ3v) is 4.40. The highest BCUT2D eigenvalue weighted by Crippen LogP contribution is 2.31. The summed E-state index contributed by atoms with van der Waals surface area (Å²) in [5.41, 5.74) is 1.40. The van der Waals surface area contributed by atoms with Gasteiger partial charge in [0, 0.05) is 31.0 Å². The van der Waals surface area contributed by atoms with Crippen LogP contribution in [0.4, 0.5) is 0 Å². The highest BCUT2D eigenvalue weighted by Gasteiger charge is 2.13. The molecule has 0 aliphatic rings. The van der Waals surface area contributed by atoms with Gasteiger partial charge in [-0.1, -0.05) is 12.1 Å². The Hall–Kier alpha value is -2.76. The first-order valence-corrected chi connectivity index (χ1v) is 9.78. The molecule has 0 aliphatic carbocycles. The van der Waals surface area contributed by atoms with Crippen molar-refractivity contribution >= 4 is 28.4 Å². The molecule has 6 heteroatoms. The lowest BCUT2D eigenvalue weighted by molar-refractivity contribution is -0.143. The Morgan fingerprint density at radius 1 is 1.18 bits per heavy atom. The topological polar surface area (TPSA) is 69.0 Å². The normalized spacial score (nSPS) is 11.5. The molecule has 0 fully saturated rings. The molecule has 0 N–H and O–H groups in total. The smallest absolute Gasteiger partial charge is 0.305 e. The quantitative estimate of drug-likeness (QED) is 0.343. The number of hydrogen-bond donors (Lipinski definition) is 0. The minimum absolute atomic E-state index is 0.0293. The Kier molecular flexibility index (Phi) is 8.11. The van der Waals surface area contributed by atoms with Crippen LogP contribution in [0.2, 0.25) is 0 Å². The van der Waals surface area contributed by atoms with Gasteiger partial charge in [0.15, 0.2) is 11.3 Å². The molecule has 152 valence electrons. The largest absolute Gasteiger partial charge is 0.490 e. The second-order valence-electron chi connectivity index (χ2n) is 6.38. The lowest BCUT2D eigenvalue weighted by atomic mass is 10.2. The maximum atomic E-state index is 12.3. The number of likely N-dealkylation sites (N-methyl/N-ethyl adjacent to an activating group) is 1. The summed E-state index contributed by atoms with van der Waals surface area (Å²) >= 11 is 0. The van der Waals surface area contributed by atoms with Crippen LogP contribution in [-0.2, 0) is 14.3 Å². The number of para-hydroxylation sites is 1. The summed E-state index contributed by atoms with van der Waals surface area (Å²) in [6, 6.07) is 7.57. The van der Waals surface area contributed by atoms with E-state index in [2.05, 4.69) is 0 Å². The minimum atomic E-state index is -0.219. The number of nitrogens with zero attached hydrogens (tertiary/aromatic N) is 1. The lowest BCUT2D eigenvalue weighted by Crippen LogP contribution is -2.28. The summed E-state index contributed by atoms with van der Waals surface area (Å²) in [4.78, 5) is 25.4. The van der Waals surface area contributed by atoms with Gasteiger partial charge in [0.2, 0.25) is 5.91 Å². The number of rotatable bonds is 10. The summed E-state index contributed by atoms with van der Waals surface area (Å²) in [6.45, 7) is 9.68. The summed E-state index contributed by atoms with van der Waals surface area (Å²) in [5, 5.41) is 0.904. The van der Waals surface area contributed by atoms with Gasteiger partial charge in [-0.2, -0.15) is 0 Å². The summed E-state index contributed by atoms with van der Waals surface area (Å²) in [7, 11) is 0. The monoisotopic (exact) mass is 387 g/mol. The molecule has 1 amide bonds. The van der Waals surface area contributed by atoms with E-state index in [0.29, 0.717) is 56.2 Å². The van der Waals surface area contributed by atoms with E-state index in [1.54, 1.807) is 17.9 Å². The molecule has 0 saturated carbocycles. The molecule has 6 nitrogen and oxygen atoms in total. The van der Waals surface area contributed by atoms with E-state index in [0.717, 1.165) is 11.0 Å². The molecule has 1 aromatic heterocycles. The Bertz CT molecular complexity index is 833. The molecule has 0 radical (unpaired) electrons. The molecular weight excluding hydrogens is 358 g/mol. The number of amides is 1. The number of ether oxygens (including phenoxy) is 2. The van der Waals surface area contributed by atoms with Gasteiger partial charge in [-0.25, -0.2) is 0 Å². The zero-order chi connectivity index (χ0) is 20.5. The van der Waals surface area contributed by atoms with Gasteiger partial charge in [0.1, 0.15) is 5.76 Å². The number of fused-ring (bicyclic) bond motifs is 1. The second kappa shape index (κ2) is 10.5. The van der Waals surface area contributed by atoms with Crippen LogP contribution in [-0.4, -0.2) is 43.1 Å². The average Bonchev–Trinajstić information content (AvgIpc) is 3.11. The molecule has 0 spiro atoms. The number of allylic oxidation sites excluding steroid dienone is 1. The van der Waals surface area contributed by atoms with Crippen LogP contribution in [0.1, 0.15) is 46.3 Å². The molecule has 1 aromatic carbocycles. The number of furan rings is 1. The fourth-order valence-electron chi connectivity index (χ4n) is 2.86. The van der Waals surface area contributed by atoms with E-state index in [9.17, 15) is 9.59 Å². The van der Waals surface area contributed by atoms with Crippen LogP contribution in [0.15, 0.2) is 34.8 Å². The first-order valence-electron chi connectivity index (χ1n) is 9.78. The van der Waals surface area contributed by atoms with Crippen LogP contribution >= 0.6 is 0 Å². The Morgan fingerprint density at radius 2 is 1.93 bits per heavy atom. The summed E-state index contributed by atoms with van der Waals surface area (Å²) < 4.78 is 16.7. The second-order valence-corrected chi connectivity index (χ2v) is 6.38. The zero-order valence-electron chi connectivity index (χ0n) is 17.1. The van der Waals surface area contributed by atoms with Crippen LogP contribution in [0.5, 0.6) is 5.75 Å². The van der Waals surface area contributed by atoms with E-state index in [-0.39, 0.29) is 11.9 Å². The molecule has 1 heterocycles. The maximum absolute atomic E-state index is 12.3. The van der Waals surface area contributed by atoms with Crippen molar-refractivity contribution in [1.82, 2.24) is 4.90 Å². The molecule has 0 unspecified atom stereocenters. The van der Waals surface area contributed by atoms with E-state index in [4.69, 9.17) is 13.9 Å². The highest BCUT2D eigenvalue weighted by atomic mass is 16.5. The Balaban J connectivity index is 2.10. The molecule has 0 saturated heterocycles. The lowest BCUT2D eigenvalue weighted by Gasteiger charge is -2.16. The van der Waals surface area contributed by atoms with Crippen molar-refractivity contribution in [2.75, 3.05) is 26.3 Å².